The summed E-state index contributed by atoms with van der Waals surface area (Å²) in [5.41, 5.74) is 1.61. The molecule has 2 bridgehead atoms. The van der Waals surface area contributed by atoms with Crippen molar-refractivity contribution in [1.82, 2.24) is 10.2 Å². The van der Waals surface area contributed by atoms with Crippen LogP contribution in [0.4, 0.5) is 0 Å². The second-order valence-electron chi connectivity index (χ2n) is 7.36. The Hall–Kier alpha value is -2.67. The van der Waals surface area contributed by atoms with Crippen molar-refractivity contribution in [2.45, 2.75) is 38.6 Å². The predicted molar refractivity (Wildman–Crippen MR) is 108 cm³/mol. The fraction of sp³-hybridized carbons (Fsp3) is 0.381. The molecule has 0 radical (unpaired) electrons. The topological polar surface area (TPSA) is 52.2 Å². The monoisotopic (exact) mass is 398 g/mol. The maximum Gasteiger partial charge on any atom is 0.231 e. The lowest BCUT2D eigenvalue weighted by atomic mass is 9.90. The zero-order chi connectivity index (χ0) is 19.3. The summed E-state index contributed by atoms with van der Waals surface area (Å²) in [7, 11) is 0. The maximum atomic E-state index is 6.54. The Morgan fingerprint density at radius 1 is 1.25 bits per heavy atom. The molecular weight excluding hydrogens is 376 g/mol. The van der Waals surface area contributed by atoms with Gasteiger partial charge in [0.1, 0.15) is 0 Å². The lowest BCUT2D eigenvalue weighted by Gasteiger charge is -2.52. The molecule has 7 heteroatoms. The number of hydrogen-bond donors (Lipinski definition) is 1. The van der Waals surface area contributed by atoms with Gasteiger partial charge in [0.25, 0.3) is 0 Å². The summed E-state index contributed by atoms with van der Waals surface area (Å²) in [5.74, 6) is 3.12. The number of benzene rings is 2. The van der Waals surface area contributed by atoms with Crippen LogP contribution in [0.3, 0.4) is 0 Å². The Kier molecular flexibility index (Phi) is 4.01. The molecule has 0 saturated carbocycles. The van der Waals surface area contributed by atoms with Gasteiger partial charge in [-0.3, -0.25) is 0 Å². The van der Waals surface area contributed by atoms with E-state index in [-0.39, 0.29) is 12.8 Å². The van der Waals surface area contributed by atoms with E-state index in [1.807, 2.05) is 37.3 Å². The third-order valence-corrected chi connectivity index (χ3v) is 5.82. The van der Waals surface area contributed by atoms with Crippen LogP contribution in [0.1, 0.15) is 37.4 Å². The smallest absolute Gasteiger partial charge is 0.231 e. The SMILES string of the molecule is CCOc1cccc2c1O[C@@]1(C)C[C@H]2NC(=S)N1Cc1ccc2c(c1)OCO2. The third-order valence-electron chi connectivity index (χ3n) is 5.48. The van der Waals surface area contributed by atoms with E-state index in [1.54, 1.807) is 0 Å². The molecule has 6 nitrogen and oxygen atoms in total. The van der Waals surface area contributed by atoms with Crippen LogP contribution in [0.25, 0.3) is 0 Å². The average Bonchev–Trinajstić information content (AvgIpc) is 3.14. The van der Waals surface area contributed by atoms with E-state index in [0.717, 1.165) is 40.5 Å². The number of fused-ring (bicyclic) bond motifs is 5. The Bertz CT molecular complexity index is 950. The van der Waals surface area contributed by atoms with Crippen LogP contribution in [0.2, 0.25) is 0 Å². The first-order chi connectivity index (χ1) is 13.6. The van der Waals surface area contributed by atoms with Crippen molar-refractivity contribution in [3.63, 3.8) is 0 Å². The number of thiocarbonyl (C=S) groups is 1. The fourth-order valence-electron chi connectivity index (χ4n) is 4.13. The molecule has 3 heterocycles. The first kappa shape index (κ1) is 17.4. The van der Waals surface area contributed by atoms with Crippen LogP contribution in [0.5, 0.6) is 23.0 Å². The summed E-state index contributed by atoms with van der Waals surface area (Å²) in [6.45, 7) is 5.53. The molecule has 28 heavy (non-hydrogen) atoms. The lowest BCUT2D eigenvalue weighted by Crippen LogP contribution is -2.64. The number of hydrogen-bond acceptors (Lipinski definition) is 5. The van der Waals surface area contributed by atoms with Gasteiger partial charge in [0.15, 0.2) is 33.8 Å². The van der Waals surface area contributed by atoms with Crippen molar-refractivity contribution < 1.29 is 18.9 Å². The summed E-state index contributed by atoms with van der Waals surface area (Å²) in [6, 6.07) is 12.1. The summed E-state index contributed by atoms with van der Waals surface area (Å²) < 4.78 is 23.3. The van der Waals surface area contributed by atoms with Crippen molar-refractivity contribution >= 4 is 17.3 Å². The van der Waals surface area contributed by atoms with E-state index < -0.39 is 5.72 Å². The Labute approximate surface area is 169 Å². The minimum atomic E-state index is -0.566. The lowest BCUT2D eigenvalue weighted by molar-refractivity contribution is -0.0738. The van der Waals surface area contributed by atoms with E-state index >= 15 is 0 Å². The van der Waals surface area contributed by atoms with Crippen molar-refractivity contribution in [3.8, 4) is 23.0 Å². The highest BCUT2D eigenvalue weighted by atomic mass is 32.1. The Morgan fingerprint density at radius 3 is 2.96 bits per heavy atom. The van der Waals surface area contributed by atoms with E-state index in [4.69, 9.17) is 31.2 Å². The third kappa shape index (κ3) is 2.73. The van der Waals surface area contributed by atoms with Gasteiger partial charge in [-0.1, -0.05) is 18.2 Å². The molecule has 1 saturated heterocycles. The standard InChI is InChI=1S/C21H22N2O4S/c1-3-24-17-6-4-5-14-15-10-21(2,27-19(14)17)23(20(28)22-15)11-13-7-8-16-18(9-13)26-12-25-16/h4-9,15H,3,10-12H2,1-2H3,(H,22,28)/t15-,21+/m1/s1. The molecule has 2 aromatic carbocycles. The fourth-order valence-corrected chi connectivity index (χ4v) is 4.53. The maximum absolute atomic E-state index is 6.54. The van der Waals surface area contributed by atoms with Gasteiger partial charge < -0.3 is 29.2 Å². The largest absolute Gasteiger partial charge is 0.490 e. The average molecular weight is 398 g/mol. The van der Waals surface area contributed by atoms with E-state index in [2.05, 4.69) is 23.2 Å². The molecule has 0 spiro atoms. The molecule has 2 atom stereocenters. The van der Waals surface area contributed by atoms with Gasteiger partial charge >= 0.3 is 0 Å². The van der Waals surface area contributed by atoms with Gasteiger partial charge in [-0.05, 0) is 49.8 Å². The summed E-state index contributed by atoms with van der Waals surface area (Å²) in [6.07, 6.45) is 0.792. The number of para-hydroxylation sites is 1. The van der Waals surface area contributed by atoms with Crippen molar-refractivity contribution in [1.29, 1.82) is 0 Å². The van der Waals surface area contributed by atoms with Crippen molar-refractivity contribution in [2.24, 2.45) is 0 Å². The highest BCUT2D eigenvalue weighted by molar-refractivity contribution is 7.80. The van der Waals surface area contributed by atoms with Crippen molar-refractivity contribution in [2.75, 3.05) is 13.4 Å². The molecular formula is C21H22N2O4S. The molecule has 3 aliphatic rings. The van der Waals surface area contributed by atoms with E-state index in [1.165, 1.54) is 0 Å². The van der Waals surface area contributed by atoms with Gasteiger partial charge in [0.2, 0.25) is 6.79 Å². The second-order valence-corrected chi connectivity index (χ2v) is 7.75. The second kappa shape index (κ2) is 6.44. The molecule has 146 valence electrons. The molecule has 2 aromatic rings. The summed E-state index contributed by atoms with van der Waals surface area (Å²) in [5, 5.41) is 4.17. The van der Waals surface area contributed by atoms with Crippen molar-refractivity contribution in [3.05, 3.63) is 47.5 Å². The van der Waals surface area contributed by atoms with Crippen LogP contribution in [-0.4, -0.2) is 29.1 Å². The molecule has 3 aliphatic heterocycles. The van der Waals surface area contributed by atoms with E-state index in [9.17, 15) is 0 Å². The molecule has 0 amide bonds. The number of rotatable bonds is 4. The van der Waals surface area contributed by atoms with Crippen LogP contribution in [-0.2, 0) is 6.54 Å². The minimum absolute atomic E-state index is 0.106. The molecule has 0 unspecified atom stereocenters. The number of nitrogens with zero attached hydrogens (tertiary/aromatic N) is 1. The number of ether oxygens (including phenoxy) is 4. The minimum Gasteiger partial charge on any atom is -0.490 e. The molecule has 1 N–H and O–H groups in total. The highest BCUT2D eigenvalue weighted by Crippen LogP contribution is 2.48. The first-order valence-corrected chi connectivity index (χ1v) is 9.89. The van der Waals surface area contributed by atoms with Gasteiger partial charge in [0, 0.05) is 18.5 Å². The summed E-state index contributed by atoms with van der Waals surface area (Å²) in [4.78, 5) is 2.10. The first-order valence-electron chi connectivity index (χ1n) is 9.49. The van der Waals surface area contributed by atoms with Crippen LogP contribution < -0.4 is 24.3 Å². The van der Waals surface area contributed by atoms with Crippen LogP contribution >= 0.6 is 12.2 Å². The zero-order valence-corrected chi connectivity index (χ0v) is 16.7. The summed E-state index contributed by atoms with van der Waals surface area (Å²) >= 11 is 5.71. The van der Waals surface area contributed by atoms with Gasteiger partial charge in [0.05, 0.1) is 12.6 Å². The molecule has 0 aliphatic carbocycles. The Balaban J connectivity index is 1.48. The predicted octanol–water partition coefficient (Wildman–Crippen LogP) is 3.74. The van der Waals surface area contributed by atoms with Gasteiger partial charge in [-0.2, -0.15) is 0 Å². The highest BCUT2D eigenvalue weighted by Gasteiger charge is 2.48. The van der Waals surface area contributed by atoms with E-state index in [0.29, 0.717) is 18.3 Å². The molecule has 1 fully saturated rings. The number of nitrogens with one attached hydrogen (secondary N) is 1. The van der Waals surface area contributed by atoms with Gasteiger partial charge in [-0.25, -0.2) is 0 Å². The molecule has 5 rings (SSSR count). The molecule has 0 aromatic heterocycles. The van der Waals surface area contributed by atoms with Gasteiger partial charge in [-0.15, -0.1) is 0 Å². The Morgan fingerprint density at radius 2 is 2.11 bits per heavy atom. The van der Waals surface area contributed by atoms with Crippen LogP contribution in [0.15, 0.2) is 36.4 Å². The van der Waals surface area contributed by atoms with Crippen LogP contribution in [0, 0.1) is 0 Å². The zero-order valence-electron chi connectivity index (χ0n) is 15.9. The quantitative estimate of drug-likeness (QED) is 0.788. The normalized spacial score (nSPS) is 24.3.